The number of urea groups is 1. The smallest absolute Gasteiger partial charge is 0.332 e. The van der Waals surface area contributed by atoms with Crippen molar-refractivity contribution in [3.63, 3.8) is 0 Å². The lowest BCUT2D eigenvalue weighted by atomic mass is 10.1. The van der Waals surface area contributed by atoms with Crippen LogP contribution in [0.2, 0.25) is 0 Å². The molecule has 0 aliphatic carbocycles. The molecule has 2 rings (SSSR count). The molecule has 12 heteroatoms. The lowest BCUT2D eigenvalue weighted by Gasteiger charge is -2.23. The number of halogens is 4. The van der Waals surface area contributed by atoms with Crippen LogP contribution in [-0.4, -0.2) is 67.2 Å². The Morgan fingerprint density at radius 1 is 1.38 bits per heavy atom. The van der Waals surface area contributed by atoms with E-state index in [4.69, 9.17) is 0 Å². The second-order valence-electron chi connectivity index (χ2n) is 6.01. The van der Waals surface area contributed by atoms with E-state index < -0.39 is 52.3 Å². The molecule has 0 spiro atoms. The molecule has 2 amide bonds. The van der Waals surface area contributed by atoms with Crippen LogP contribution in [-0.2, 0) is 16.6 Å². The van der Waals surface area contributed by atoms with Gasteiger partial charge in [0.1, 0.15) is 11.1 Å². The van der Waals surface area contributed by atoms with Crippen LogP contribution in [0.25, 0.3) is 0 Å². The van der Waals surface area contributed by atoms with Crippen molar-refractivity contribution >= 4 is 16.1 Å². The number of rotatable bonds is 4. The Morgan fingerprint density at radius 3 is 2.58 bits per heavy atom. The van der Waals surface area contributed by atoms with E-state index in [2.05, 4.69) is 10.3 Å². The highest BCUT2D eigenvalue weighted by Crippen LogP contribution is 2.37. The van der Waals surface area contributed by atoms with Crippen molar-refractivity contribution in [2.24, 2.45) is 5.92 Å². The first-order valence-corrected chi connectivity index (χ1v) is 9.05. The fraction of sp³-hybridized carbons (Fsp3) is 0.571. The van der Waals surface area contributed by atoms with Gasteiger partial charge in [0.15, 0.2) is 0 Å². The van der Waals surface area contributed by atoms with Gasteiger partial charge in [-0.2, -0.15) is 13.2 Å². The Morgan fingerprint density at radius 2 is 2.04 bits per heavy atom. The van der Waals surface area contributed by atoms with E-state index in [9.17, 15) is 30.8 Å². The molecule has 1 N–H and O–H groups in total. The maximum Gasteiger partial charge on any atom is 0.394 e. The molecule has 2 atom stereocenters. The third-order valence-corrected chi connectivity index (χ3v) is 6.37. The van der Waals surface area contributed by atoms with Gasteiger partial charge in [-0.05, 0) is 12.1 Å². The van der Waals surface area contributed by atoms with Crippen LogP contribution in [0.15, 0.2) is 18.3 Å². The van der Waals surface area contributed by atoms with Gasteiger partial charge in [-0.15, -0.1) is 0 Å². The van der Waals surface area contributed by atoms with Gasteiger partial charge in [-0.3, -0.25) is 4.98 Å². The van der Waals surface area contributed by atoms with Crippen molar-refractivity contribution in [3.05, 3.63) is 29.8 Å². The predicted octanol–water partition coefficient (Wildman–Crippen LogP) is 1.18. The van der Waals surface area contributed by atoms with E-state index in [0.717, 1.165) is 25.1 Å². The summed E-state index contributed by atoms with van der Waals surface area (Å²) in [5, 5.41) is 0.467. The molecular weight excluding hydrogens is 380 g/mol. The topological polar surface area (TPSA) is 82.6 Å². The number of nitrogens with one attached hydrogen (secondary N) is 1. The zero-order chi connectivity index (χ0) is 19.7. The minimum Gasteiger partial charge on any atom is -0.332 e. The molecule has 0 bridgehead atoms. The molecule has 0 aromatic carbocycles. The lowest BCUT2D eigenvalue weighted by molar-refractivity contribution is -0.169. The molecular formula is C14H18F4N4O3S. The predicted molar refractivity (Wildman–Crippen MR) is 83.9 cm³/mol. The van der Waals surface area contributed by atoms with E-state index in [-0.39, 0.29) is 12.2 Å². The van der Waals surface area contributed by atoms with Gasteiger partial charge < -0.3 is 10.2 Å². The van der Waals surface area contributed by atoms with Crippen molar-refractivity contribution in [3.8, 4) is 0 Å². The van der Waals surface area contributed by atoms with Gasteiger partial charge in [-0.25, -0.2) is 21.9 Å². The van der Waals surface area contributed by atoms with Crippen LogP contribution in [0.1, 0.15) is 5.69 Å². The second-order valence-corrected chi connectivity index (χ2v) is 8.38. The first-order valence-electron chi connectivity index (χ1n) is 7.54. The number of alkyl halides is 3. The fourth-order valence-corrected chi connectivity index (χ4v) is 4.21. The van der Waals surface area contributed by atoms with Crippen molar-refractivity contribution in [1.82, 2.24) is 19.5 Å². The number of carbonyl (C=O) groups excluding carboxylic acids is 1. The Bertz CT molecular complexity index is 770. The Labute approximate surface area is 148 Å². The van der Waals surface area contributed by atoms with Gasteiger partial charge in [0.25, 0.3) is 0 Å². The lowest BCUT2D eigenvalue weighted by Crippen LogP contribution is -2.43. The molecule has 1 aliphatic heterocycles. The maximum atomic E-state index is 13.5. The van der Waals surface area contributed by atoms with Crippen LogP contribution in [0.4, 0.5) is 22.4 Å². The summed E-state index contributed by atoms with van der Waals surface area (Å²) >= 11 is 0. The summed E-state index contributed by atoms with van der Waals surface area (Å²) < 4.78 is 78.3. The van der Waals surface area contributed by atoms with Crippen molar-refractivity contribution < 1.29 is 30.8 Å². The first-order chi connectivity index (χ1) is 11.9. The molecule has 1 aromatic rings. The summed E-state index contributed by atoms with van der Waals surface area (Å²) in [7, 11) is -1.96. The average Bonchev–Trinajstić information content (AvgIpc) is 3.00. The quantitative estimate of drug-likeness (QED) is 0.773. The van der Waals surface area contributed by atoms with Gasteiger partial charge >= 0.3 is 12.2 Å². The molecule has 0 saturated carbocycles. The molecule has 0 unspecified atom stereocenters. The standard InChI is InChI=1S/C14H18F4N4O3S/c1-21(2)26(24,25)12-8-22(7-9(12)14(16,17)18)13(23)20-6-11-10(15)4-3-5-19-11/h3-5,9,12H,6-8H2,1-2H3,(H,20,23)/t9-,12-/m1/s1. The highest BCUT2D eigenvalue weighted by atomic mass is 32.2. The number of sulfonamides is 1. The van der Waals surface area contributed by atoms with E-state index in [1.54, 1.807) is 0 Å². The number of aromatic nitrogens is 1. The largest absolute Gasteiger partial charge is 0.394 e. The Hall–Kier alpha value is -1.95. The van der Waals surface area contributed by atoms with Gasteiger partial charge in [-0.1, -0.05) is 0 Å². The van der Waals surface area contributed by atoms with Gasteiger partial charge in [0, 0.05) is 33.4 Å². The average molecular weight is 398 g/mol. The zero-order valence-electron chi connectivity index (χ0n) is 14.0. The summed E-state index contributed by atoms with van der Waals surface area (Å²) in [5.74, 6) is -2.87. The minimum absolute atomic E-state index is 0.0788. The highest BCUT2D eigenvalue weighted by Gasteiger charge is 2.55. The Balaban J connectivity index is 2.13. The molecule has 2 heterocycles. The van der Waals surface area contributed by atoms with E-state index >= 15 is 0 Å². The van der Waals surface area contributed by atoms with E-state index in [0.29, 0.717) is 4.31 Å². The number of hydrogen-bond donors (Lipinski definition) is 1. The molecule has 146 valence electrons. The minimum atomic E-state index is -4.78. The number of carbonyl (C=O) groups is 1. The summed E-state index contributed by atoms with van der Waals surface area (Å²) in [6, 6.07) is 1.57. The summed E-state index contributed by atoms with van der Waals surface area (Å²) in [6.45, 7) is -1.73. The summed E-state index contributed by atoms with van der Waals surface area (Å²) in [5.41, 5.74) is -0.0788. The van der Waals surface area contributed by atoms with Crippen molar-refractivity contribution in [2.45, 2.75) is 18.0 Å². The van der Waals surface area contributed by atoms with Crippen LogP contribution in [0.5, 0.6) is 0 Å². The van der Waals surface area contributed by atoms with Crippen LogP contribution >= 0.6 is 0 Å². The van der Waals surface area contributed by atoms with Crippen LogP contribution in [0.3, 0.4) is 0 Å². The van der Waals surface area contributed by atoms with E-state index in [1.165, 1.54) is 12.3 Å². The second kappa shape index (κ2) is 7.35. The maximum absolute atomic E-state index is 13.5. The molecule has 26 heavy (non-hydrogen) atoms. The summed E-state index contributed by atoms with van der Waals surface area (Å²) in [6.07, 6.45) is -3.48. The Kier molecular flexibility index (Phi) is 5.76. The van der Waals surface area contributed by atoms with Crippen LogP contribution < -0.4 is 5.32 Å². The highest BCUT2D eigenvalue weighted by molar-refractivity contribution is 7.89. The molecule has 7 nitrogen and oxygen atoms in total. The zero-order valence-corrected chi connectivity index (χ0v) is 14.8. The van der Waals surface area contributed by atoms with Gasteiger partial charge in [0.05, 0.1) is 18.2 Å². The number of hydrogen-bond acceptors (Lipinski definition) is 4. The van der Waals surface area contributed by atoms with Crippen LogP contribution in [0, 0.1) is 11.7 Å². The third kappa shape index (κ3) is 4.23. The number of amides is 2. The fourth-order valence-electron chi connectivity index (χ4n) is 2.65. The third-order valence-electron chi connectivity index (χ3n) is 4.11. The number of nitrogens with zero attached hydrogens (tertiary/aromatic N) is 3. The SMILES string of the molecule is CN(C)S(=O)(=O)[C@@H]1CN(C(=O)NCc2ncccc2F)C[C@H]1C(F)(F)F. The van der Waals surface area contributed by atoms with Crippen molar-refractivity contribution in [1.29, 1.82) is 0 Å². The van der Waals surface area contributed by atoms with Gasteiger partial charge in [0.2, 0.25) is 10.0 Å². The summed E-state index contributed by atoms with van der Waals surface area (Å²) in [4.78, 5) is 16.6. The monoisotopic (exact) mass is 398 g/mol. The molecule has 0 radical (unpaired) electrons. The van der Waals surface area contributed by atoms with E-state index in [1.807, 2.05) is 0 Å². The molecule has 1 fully saturated rings. The normalized spacial score (nSPS) is 21.3. The number of pyridine rings is 1. The molecule has 1 aromatic heterocycles. The van der Waals surface area contributed by atoms with Crippen molar-refractivity contribution in [2.75, 3.05) is 27.2 Å². The molecule has 1 saturated heterocycles. The molecule has 1 aliphatic rings. The number of likely N-dealkylation sites (tertiary alicyclic amines) is 1. The first kappa shape index (κ1) is 20.4.